The number of benzene rings is 2. The van der Waals surface area contributed by atoms with E-state index in [-0.39, 0.29) is 11.4 Å². The van der Waals surface area contributed by atoms with E-state index in [0.717, 1.165) is 54.9 Å². The molecular formula is C27H28N6O. The summed E-state index contributed by atoms with van der Waals surface area (Å²) < 4.78 is 5.74. The number of hydrogen-bond donors (Lipinski definition) is 2. The van der Waals surface area contributed by atoms with Crippen molar-refractivity contribution in [2.75, 3.05) is 18.8 Å². The highest BCUT2D eigenvalue weighted by atomic mass is 16.5. The van der Waals surface area contributed by atoms with Crippen molar-refractivity contribution >= 4 is 5.95 Å². The summed E-state index contributed by atoms with van der Waals surface area (Å²) in [6, 6.07) is 17.2. The number of nitrogens with two attached hydrogens (primary N) is 1. The lowest BCUT2D eigenvalue weighted by atomic mass is 9.64. The van der Waals surface area contributed by atoms with Gasteiger partial charge in [0, 0.05) is 23.5 Å². The number of anilines is 1. The lowest BCUT2D eigenvalue weighted by Crippen LogP contribution is -2.36. The van der Waals surface area contributed by atoms with E-state index in [0.29, 0.717) is 11.8 Å². The number of nitrogens with one attached hydrogen (secondary N) is 1. The average Bonchev–Trinajstić information content (AvgIpc) is 3.35. The minimum Gasteiger partial charge on any atom is -0.368 e. The summed E-state index contributed by atoms with van der Waals surface area (Å²) in [5.74, 6) is 2.28. The second-order valence-electron chi connectivity index (χ2n) is 9.41. The van der Waals surface area contributed by atoms with Crippen LogP contribution in [0.5, 0.6) is 0 Å². The van der Waals surface area contributed by atoms with Crippen LogP contribution in [0.4, 0.5) is 5.95 Å². The highest BCUT2D eigenvalue weighted by Crippen LogP contribution is 2.48. The minimum absolute atomic E-state index is 0.188. The molecule has 3 N–H and O–H groups in total. The number of rotatable bonds is 5. The Morgan fingerprint density at radius 2 is 1.53 bits per heavy atom. The Hall–Kier alpha value is -3.58. The topological polar surface area (TPSA) is 103 Å². The van der Waals surface area contributed by atoms with Crippen LogP contribution in [-0.4, -0.2) is 33.2 Å². The Labute approximate surface area is 198 Å². The monoisotopic (exact) mass is 452 g/mol. The van der Waals surface area contributed by atoms with Crippen LogP contribution >= 0.6 is 0 Å². The zero-order valence-electron chi connectivity index (χ0n) is 19.1. The molecule has 2 aromatic heterocycles. The summed E-state index contributed by atoms with van der Waals surface area (Å²) in [6.07, 6.45) is 9.07. The van der Waals surface area contributed by atoms with E-state index in [9.17, 15) is 0 Å². The van der Waals surface area contributed by atoms with Gasteiger partial charge in [-0.3, -0.25) is 0 Å². The first-order chi connectivity index (χ1) is 16.7. The van der Waals surface area contributed by atoms with Crippen molar-refractivity contribution in [2.45, 2.75) is 43.4 Å². The molecule has 0 radical (unpaired) electrons. The number of hydrogen-bond acceptors (Lipinski definition) is 7. The maximum Gasteiger partial charge on any atom is 0.257 e. The third-order valence-corrected chi connectivity index (χ3v) is 7.47. The first-order valence-corrected chi connectivity index (χ1v) is 12.0. The Morgan fingerprint density at radius 3 is 2.18 bits per heavy atom. The van der Waals surface area contributed by atoms with Gasteiger partial charge in [-0.2, -0.15) is 4.98 Å². The zero-order valence-corrected chi connectivity index (χ0v) is 19.1. The molecule has 0 unspecified atom stereocenters. The van der Waals surface area contributed by atoms with Crippen molar-refractivity contribution in [2.24, 2.45) is 0 Å². The molecule has 1 aliphatic carbocycles. The van der Waals surface area contributed by atoms with Crippen LogP contribution in [0.25, 0.3) is 22.6 Å². The molecule has 172 valence electrons. The Morgan fingerprint density at radius 1 is 0.853 bits per heavy atom. The highest BCUT2D eigenvalue weighted by Gasteiger charge is 2.44. The van der Waals surface area contributed by atoms with Gasteiger partial charge in [-0.25, -0.2) is 9.97 Å². The van der Waals surface area contributed by atoms with E-state index in [2.05, 4.69) is 69.0 Å². The third-order valence-electron chi connectivity index (χ3n) is 7.47. The molecule has 3 heterocycles. The highest BCUT2D eigenvalue weighted by molar-refractivity contribution is 5.63. The fourth-order valence-electron chi connectivity index (χ4n) is 5.23. The largest absolute Gasteiger partial charge is 0.368 e. The molecule has 1 saturated heterocycles. The molecule has 4 aromatic rings. The van der Waals surface area contributed by atoms with Crippen LogP contribution in [0, 0.1) is 0 Å². The van der Waals surface area contributed by atoms with Crippen LogP contribution in [-0.2, 0) is 5.41 Å². The average molecular weight is 453 g/mol. The van der Waals surface area contributed by atoms with Crippen LogP contribution < -0.4 is 11.1 Å². The minimum atomic E-state index is -0.188. The Balaban J connectivity index is 1.24. The smallest absolute Gasteiger partial charge is 0.257 e. The molecule has 7 nitrogen and oxygen atoms in total. The summed E-state index contributed by atoms with van der Waals surface area (Å²) in [4.78, 5) is 13.1. The number of aromatic nitrogens is 4. The van der Waals surface area contributed by atoms with Gasteiger partial charge in [0.25, 0.3) is 5.89 Å². The summed E-state index contributed by atoms with van der Waals surface area (Å²) in [7, 11) is 0. The summed E-state index contributed by atoms with van der Waals surface area (Å²) >= 11 is 0. The van der Waals surface area contributed by atoms with Gasteiger partial charge in [-0.05, 0) is 73.5 Å². The second kappa shape index (κ2) is 8.65. The van der Waals surface area contributed by atoms with Gasteiger partial charge in [0.15, 0.2) is 5.82 Å². The Kier molecular flexibility index (Phi) is 5.34. The van der Waals surface area contributed by atoms with E-state index >= 15 is 0 Å². The maximum atomic E-state index is 5.74. The number of piperidine rings is 1. The molecule has 1 saturated carbocycles. The predicted octanol–water partition coefficient (Wildman–Crippen LogP) is 4.71. The lowest BCUT2D eigenvalue weighted by molar-refractivity contribution is 0.273. The number of nitrogen functional groups attached to an aromatic ring is 1. The lowest BCUT2D eigenvalue weighted by Gasteiger charge is -2.39. The van der Waals surface area contributed by atoms with E-state index < -0.39 is 0 Å². The van der Waals surface area contributed by atoms with Gasteiger partial charge < -0.3 is 15.6 Å². The molecule has 1 aliphatic heterocycles. The standard InChI is InChI=1S/C27H28N6O/c28-26-30-16-22(17-31-26)19-6-8-23(9-7-19)27(12-1-13-27)25-32-24(34-33-25)21-4-2-18(3-5-21)20-10-14-29-15-11-20/h2-9,16-17,20,29H,1,10-15H2,(H2,28,30,31). The predicted molar refractivity (Wildman–Crippen MR) is 131 cm³/mol. The normalized spacial score (nSPS) is 17.9. The molecule has 0 amide bonds. The van der Waals surface area contributed by atoms with Crippen molar-refractivity contribution in [1.82, 2.24) is 25.4 Å². The summed E-state index contributed by atoms with van der Waals surface area (Å²) in [6.45, 7) is 2.19. The molecule has 7 heteroatoms. The molecule has 0 bridgehead atoms. The number of nitrogens with zero attached hydrogens (tertiary/aromatic N) is 4. The molecule has 34 heavy (non-hydrogen) atoms. The molecular weight excluding hydrogens is 424 g/mol. The van der Waals surface area contributed by atoms with Crippen molar-refractivity contribution < 1.29 is 4.52 Å². The van der Waals surface area contributed by atoms with E-state index in [4.69, 9.17) is 15.2 Å². The fraction of sp³-hybridized carbons (Fsp3) is 0.333. The van der Waals surface area contributed by atoms with Crippen LogP contribution in [0.3, 0.4) is 0 Å². The molecule has 6 rings (SSSR count). The SMILES string of the molecule is Nc1ncc(-c2ccc(C3(c4noc(-c5ccc(C6CCNCC6)cc5)n4)CCC3)cc2)cn1. The first-order valence-electron chi connectivity index (χ1n) is 12.0. The molecule has 2 aliphatic rings. The second-order valence-corrected chi connectivity index (χ2v) is 9.41. The van der Waals surface area contributed by atoms with Gasteiger partial charge in [-0.1, -0.05) is 48.0 Å². The molecule has 0 spiro atoms. The molecule has 2 fully saturated rings. The Bertz CT molecular complexity index is 1250. The fourth-order valence-corrected chi connectivity index (χ4v) is 5.23. The van der Waals surface area contributed by atoms with Gasteiger partial charge in [0.2, 0.25) is 5.95 Å². The first kappa shape index (κ1) is 21.0. The van der Waals surface area contributed by atoms with Crippen molar-refractivity contribution in [3.63, 3.8) is 0 Å². The summed E-state index contributed by atoms with van der Waals surface area (Å²) in [5, 5.41) is 7.87. The van der Waals surface area contributed by atoms with E-state index in [1.54, 1.807) is 12.4 Å². The van der Waals surface area contributed by atoms with Gasteiger partial charge in [-0.15, -0.1) is 0 Å². The third kappa shape index (κ3) is 3.76. The zero-order chi connectivity index (χ0) is 23.0. The van der Waals surface area contributed by atoms with Gasteiger partial charge in [0.1, 0.15) is 0 Å². The van der Waals surface area contributed by atoms with Crippen molar-refractivity contribution in [1.29, 1.82) is 0 Å². The molecule has 2 aromatic carbocycles. The van der Waals surface area contributed by atoms with Crippen molar-refractivity contribution in [3.8, 4) is 22.6 Å². The van der Waals surface area contributed by atoms with Crippen LogP contribution in [0.1, 0.15) is 55.0 Å². The quantitative estimate of drug-likeness (QED) is 0.452. The van der Waals surface area contributed by atoms with Gasteiger partial charge >= 0.3 is 0 Å². The van der Waals surface area contributed by atoms with Crippen molar-refractivity contribution in [3.05, 3.63) is 77.9 Å². The van der Waals surface area contributed by atoms with E-state index in [1.165, 1.54) is 24.0 Å². The summed E-state index contributed by atoms with van der Waals surface area (Å²) in [5.41, 5.74) is 11.0. The van der Waals surface area contributed by atoms with E-state index in [1.807, 2.05) is 0 Å². The maximum absolute atomic E-state index is 5.74. The van der Waals surface area contributed by atoms with Crippen LogP contribution in [0.2, 0.25) is 0 Å². The molecule has 0 atom stereocenters. The van der Waals surface area contributed by atoms with Crippen LogP contribution in [0.15, 0.2) is 65.4 Å². The van der Waals surface area contributed by atoms with Gasteiger partial charge in [0.05, 0.1) is 5.41 Å².